The molecule has 0 spiro atoms. The molecule has 2 heterocycles. The first-order chi connectivity index (χ1) is 11.6. The number of carbonyl (C=O) groups excluding carboxylic acids is 1. The van der Waals surface area contributed by atoms with Crippen molar-refractivity contribution in [1.29, 1.82) is 0 Å². The zero-order chi connectivity index (χ0) is 17.1. The van der Waals surface area contributed by atoms with Crippen LogP contribution in [0, 0.1) is 0 Å². The van der Waals surface area contributed by atoms with Gasteiger partial charge in [-0.25, -0.2) is 0 Å². The number of aryl methyl sites for hydroxylation is 1. The number of amides is 1. The van der Waals surface area contributed by atoms with E-state index in [1.807, 2.05) is 36.0 Å². The Kier molecular flexibility index (Phi) is 4.85. The van der Waals surface area contributed by atoms with E-state index in [1.54, 1.807) is 11.0 Å². The average Bonchev–Trinajstić information content (AvgIpc) is 3.20. The first-order valence-electron chi connectivity index (χ1n) is 8.23. The number of hydrogen-bond donors (Lipinski definition) is 1. The average molecular weight is 330 g/mol. The van der Waals surface area contributed by atoms with Crippen molar-refractivity contribution in [2.75, 3.05) is 19.7 Å². The molecular formula is C18H22N2O4. The standard InChI is InChI=1S/C18H22N2O4/c1-19-9-7-14-15(5-2-6-16(14)19)18(23)20(10-8-17(21)22)12-13-4-3-11-24-13/h2,5-7,9,13H,3-4,8,10-12H2,1H3,(H,21,22)/t13-/m1/s1. The van der Waals surface area contributed by atoms with E-state index < -0.39 is 5.97 Å². The van der Waals surface area contributed by atoms with Crippen LogP contribution in [-0.2, 0) is 16.6 Å². The Hall–Kier alpha value is -2.34. The smallest absolute Gasteiger partial charge is 0.305 e. The monoisotopic (exact) mass is 330 g/mol. The lowest BCUT2D eigenvalue weighted by atomic mass is 10.1. The van der Waals surface area contributed by atoms with Gasteiger partial charge < -0.3 is 19.3 Å². The summed E-state index contributed by atoms with van der Waals surface area (Å²) in [4.78, 5) is 25.6. The normalized spacial score (nSPS) is 17.3. The fourth-order valence-electron chi connectivity index (χ4n) is 3.20. The van der Waals surface area contributed by atoms with Crippen LogP contribution in [0.15, 0.2) is 30.5 Å². The van der Waals surface area contributed by atoms with Crippen molar-refractivity contribution in [3.8, 4) is 0 Å². The molecule has 24 heavy (non-hydrogen) atoms. The predicted octanol–water partition coefficient (Wildman–Crippen LogP) is 2.27. The third-order valence-corrected chi connectivity index (χ3v) is 4.49. The number of ether oxygens (including phenoxy) is 1. The van der Waals surface area contributed by atoms with E-state index in [9.17, 15) is 9.59 Å². The molecule has 0 radical (unpaired) electrons. The number of fused-ring (bicyclic) bond motifs is 1. The number of carboxylic acids is 1. The van der Waals surface area contributed by atoms with Gasteiger partial charge in [0.25, 0.3) is 5.91 Å². The third-order valence-electron chi connectivity index (χ3n) is 4.49. The molecule has 1 amide bonds. The lowest BCUT2D eigenvalue weighted by molar-refractivity contribution is -0.137. The maximum atomic E-state index is 13.0. The number of benzene rings is 1. The van der Waals surface area contributed by atoms with Gasteiger partial charge in [0.05, 0.1) is 12.5 Å². The van der Waals surface area contributed by atoms with Gasteiger partial charge in [-0.15, -0.1) is 0 Å². The van der Waals surface area contributed by atoms with E-state index in [2.05, 4.69) is 0 Å². The minimum atomic E-state index is -0.905. The summed E-state index contributed by atoms with van der Waals surface area (Å²) in [5.41, 5.74) is 1.59. The Bertz CT molecular complexity index is 747. The van der Waals surface area contributed by atoms with Gasteiger partial charge in [-0.1, -0.05) is 6.07 Å². The summed E-state index contributed by atoms with van der Waals surface area (Å²) in [6, 6.07) is 7.54. The quantitative estimate of drug-likeness (QED) is 0.882. The van der Waals surface area contributed by atoms with E-state index in [0.29, 0.717) is 18.7 Å². The lowest BCUT2D eigenvalue weighted by Gasteiger charge is -2.25. The van der Waals surface area contributed by atoms with Crippen LogP contribution < -0.4 is 0 Å². The third kappa shape index (κ3) is 3.43. The van der Waals surface area contributed by atoms with Gasteiger partial charge >= 0.3 is 5.97 Å². The van der Waals surface area contributed by atoms with Crippen LogP contribution in [0.2, 0.25) is 0 Å². The molecule has 0 bridgehead atoms. The fraction of sp³-hybridized carbons (Fsp3) is 0.444. The number of aliphatic carboxylic acids is 1. The zero-order valence-electron chi connectivity index (χ0n) is 13.8. The highest BCUT2D eigenvalue weighted by atomic mass is 16.5. The molecular weight excluding hydrogens is 308 g/mol. The van der Waals surface area contributed by atoms with E-state index in [4.69, 9.17) is 9.84 Å². The molecule has 128 valence electrons. The zero-order valence-corrected chi connectivity index (χ0v) is 13.8. The van der Waals surface area contributed by atoms with Crippen molar-refractivity contribution in [2.24, 2.45) is 7.05 Å². The Morgan fingerprint density at radius 3 is 2.92 bits per heavy atom. The minimum Gasteiger partial charge on any atom is -0.481 e. The molecule has 6 nitrogen and oxygen atoms in total. The topological polar surface area (TPSA) is 71.8 Å². The van der Waals surface area contributed by atoms with Crippen LogP contribution in [0.4, 0.5) is 0 Å². The molecule has 1 N–H and O–H groups in total. The van der Waals surface area contributed by atoms with Gasteiger partial charge in [-0.05, 0) is 31.0 Å². The Balaban J connectivity index is 1.86. The van der Waals surface area contributed by atoms with Gasteiger partial charge in [-0.3, -0.25) is 9.59 Å². The van der Waals surface area contributed by atoms with Gasteiger partial charge in [0.1, 0.15) is 0 Å². The summed E-state index contributed by atoms with van der Waals surface area (Å²) >= 11 is 0. The number of carboxylic acid groups (broad SMARTS) is 1. The van der Waals surface area contributed by atoms with Crippen LogP contribution in [0.1, 0.15) is 29.6 Å². The first-order valence-corrected chi connectivity index (χ1v) is 8.23. The summed E-state index contributed by atoms with van der Waals surface area (Å²) in [6.07, 6.45) is 3.75. The van der Waals surface area contributed by atoms with Gasteiger partial charge in [-0.2, -0.15) is 0 Å². The maximum Gasteiger partial charge on any atom is 0.305 e. The molecule has 0 saturated carbocycles. The first kappa shape index (κ1) is 16.5. The summed E-state index contributed by atoms with van der Waals surface area (Å²) in [7, 11) is 1.94. The summed E-state index contributed by atoms with van der Waals surface area (Å²) < 4.78 is 7.59. The van der Waals surface area contributed by atoms with Crippen molar-refractivity contribution in [3.63, 3.8) is 0 Å². The molecule has 6 heteroatoms. The highest BCUT2D eigenvalue weighted by Crippen LogP contribution is 2.22. The number of carbonyl (C=O) groups is 2. The molecule has 1 aromatic carbocycles. The van der Waals surface area contributed by atoms with Crippen LogP contribution in [0.5, 0.6) is 0 Å². The van der Waals surface area contributed by atoms with Crippen LogP contribution in [0.3, 0.4) is 0 Å². The van der Waals surface area contributed by atoms with E-state index in [1.165, 1.54) is 0 Å². The number of hydrogen-bond acceptors (Lipinski definition) is 3. The van der Waals surface area contributed by atoms with Crippen molar-refractivity contribution in [1.82, 2.24) is 9.47 Å². The van der Waals surface area contributed by atoms with Crippen molar-refractivity contribution in [2.45, 2.75) is 25.4 Å². The van der Waals surface area contributed by atoms with Crippen LogP contribution in [-0.4, -0.2) is 52.3 Å². The number of aromatic nitrogens is 1. The Morgan fingerprint density at radius 1 is 1.38 bits per heavy atom. The van der Waals surface area contributed by atoms with Crippen molar-refractivity contribution in [3.05, 3.63) is 36.0 Å². The fourth-order valence-corrected chi connectivity index (χ4v) is 3.20. The number of rotatable bonds is 6. The molecule has 1 aliphatic heterocycles. The summed E-state index contributed by atoms with van der Waals surface area (Å²) in [5, 5.41) is 9.86. The van der Waals surface area contributed by atoms with Crippen molar-refractivity contribution < 1.29 is 19.4 Å². The number of nitrogens with zero attached hydrogens (tertiary/aromatic N) is 2. The van der Waals surface area contributed by atoms with E-state index in [-0.39, 0.29) is 25.0 Å². The molecule has 1 saturated heterocycles. The molecule has 0 unspecified atom stereocenters. The largest absolute Gasteiger partial charge is 0.481 e. The molecule has 0 aliphatic carbocycles. The summed E-state index contributed by atoms with van der Waals surface area (Å²) in [5.74, 6) is -1.04. The lowest BCUT2D eigenvalue weighted by Crippen LogP contribution is -2.38. The molecule has 3 rings (SSSR count). The van der Waals surface area contributed by atoms with Gasteiger partial charge in [0.2, 0.25) is 0 Å². The summed E-state index contributed by atoms with van der Waals surface area (Å²) in [6.45, 7) is 1.34. The Labute approximate surface area is 140 Å². The SMILES string of the molecule is Cn1ccc2c(C(=O)N(CCC(=O)O)C[C@H]3CCCO3)cccc21. The second-order valence-corrected chi connectivity index (χ2v) is 6.19. The van der Waals surface area contributed by atoms with Crippen molar-refractivity contribution >= 4 is 22.8 Å². The Morgan fingerprint density at radius 2 is 2.21 bits per heavy atom. The maximum absolute atomic E-state index is 13.0. The highest BCUT2D eigenvalue weighted by molar-refractivity contribution is 6.06. The molecule has 1 aliphatic rings. The minimum absolute atomic E-state index is 0.00211. The van der Waals surface area contributed by atoms with Crippen LogP contribution in [0.25, 0.3) is 10.9 Å². The van der Waals surface area contributed by atoms with E-state index >= 15 is 0 Å². The molecule has 2 aromatic rings. The second kappa shape index (κ2) is 7.05. The molecule has 1 fully saturated rings. The van der Waals surface area contributed by atoms with Gasteiger partial charge in [0, 0.05) is 49.4 Å². The van der Waals surface area contributed by atoms with Crippen LogP contribution >= 0.6 is 0 Å². The van der Waals surface area contributed by atoms with Gasteiger partial charge in [0.15, 0.2) is 0 Å². The second-order valence-electron chi connectivity index (χ2n) is 6.19. The predicted molar refractivity (Wildman–Crippen MR) is 90.0 cm³/mol. The molecule has 1 aromatic heterocycles. The highest BCUT2D eigenvalue weighted by Gasteiger charge is 2.25. The molecule has 1 atom stereocenters. The van der Waals surface area contributed by atoms with E-state index in [0.717, 1.165) is 23.7 Å².